The third-order valence-electron chi connectivity index (χ3n) is 3.00. The van der Waals surface area contributed by atoms with E-state index in [4.69, 9.17) is 0 Å². The number of halogens is 1. The van der Waals surface area contributed by atoms with Crippen LogP contribution in [-0.2, 0) is 10.0 Å². The molecule has 0 unspecified atom stereocenters. The number of hydrogen-bond donors (Lipinski definition) is 1. The van der Waals surface area contributed by atoms with Gasteiger partial charge in [-0.3, -0.25) is 4.31 Å². The first-order chi connectivity index (χ1) is 8.13. The molecule has 18 heavy (non-hydrogen) atoms. The molecule has 1 aromatic rings. The van der Waals surface area contributed by atoms with Crippen LogP contribution in [0.4, 0.5) is 11.4 Å². The maximum atomic E-state index is 12.1. The zero-order chi connectivity index (χ0) is 13.7. The van der Waals surface area contributed by atoms with Crippen molar-refractivity contribution in [1.82, 2.24) is 0 Å². The molecule has 1 aromatic carbocycles. The predicted octanol–water partition coefficient (Wildman–Crippen LogP) is 2.73. The lowest BCUT2D eigenvalue weighted by atomic mass is 10.0. The van der Waals surface area contributed by atoms with E-state index in [0.717, 1.165) is 15.7 Å². The lowest BCUT2D eigenvalue weighted by Gasteiger charge is -2.44. The van der Waals surface area contributed by atoms with Crippen molar-refractivity contribution in [3.8, 4) is 0 Å². The van der Waals surface area contributed by atoms with E-state index in [9.17, 15) is 8.42 Å². The van der Waals surface area contributed by atoms with Crippen molar-refractivity contribution in [2.45, 2.75) is 26.3 Å². The van der Waals surface area contributed by atoms with Crippen molar-refractivity contribution in [3.63, 3.8) is 0 Å². The number of rotatable bonds is 1. The monoisotopic (exact) mass is 332 g/mol. The number of sulfonamides is 1. The zero-order valence-electron chi connectivity index (χ0n) is 10.9. The van der Waals surface area contributed by atoms with Crippen molar-refractivity contribution in [2.75, 3.05) is 22.4 Å². The van der Waals surface area contributed by atoms with E-state index in [1.54, 1.807) is 0 Å². The summed E-state index contributed by atoms with van der Waals surface area (Å²) in [5.74, 6) is 0. The number of fused-ring (bicyclic) bond motifs is 1. The molecule has 100 valence electrons. The molecular formula is C12H17BrN2O2S. The van der Waals surface area contributed by atoms with Gasteiger partial charge in [-0.1, -0.05) is 0 Å². The van der Waals surface area contributed by atoms with Gasteiger partial charge in [0.25, 0.3) is 0 Å². The van der Waals surface area contributed by atoms with Gasteiger partial charge in [0.05, 0.1) is 23.2 Å². The third kappa shape index (κ3) is 2.23. The summed E-state index contributed by atoms with van der Waals surface area (Å²) >= 11 is 3.47. The van der Waals surface area contributed by atoms with Crippen LogP contribution < -0.4 is 9.62 Å². The fourth-order valence-corrected chi connectivity index (χ4v) is 4.74. The predicted molar refractivity (Wildman–Crippen MR) is 78.8 cm³/mol. The third-order valence-corrected chi connectivity index (χ3v) is 4.95. The first-order valence-corrected chi connectivity index (χ1v) is 8.31. The molecule has 1 N–H and O–H groups in total. The molecule has 1 aliphatic heterocycles. The van der Waals surface area contributed by atoms with Crippen LogP contribution in [0.15, 0.2) is 16.6 Å². The second kappa shape index (κ2) is 4.13. The normalized spacial score (nSPS) is 18.2. The number of anilines is 2. The highest BCUT2D eigenvalue weighted by molar-refractivity contribution is 9.10. The van der Waals surface area contributed by atoms with Gasteiger partial charge in [-0.25, -0.2) is 8.42 Å². The number of nitrogens with one attached hydrogen (secondary N) is 1. The number of hydrogen-bond acceptors (Lipinski definition) is 3. The molecule has 0 atom stereocenters. The molecule has 0 aromatic heterocycles. The van der Waals surface area contributed by atoms with E-state index in [0.29, 0.717) is 12.2 Å². The average molecular weight is 333 g/mol. The van der Waals surface area contributed by atoms with Crippen LogP contribution in [-0.4, -0.2) is 26.8 Å². The van der Waals surface area contributed by atoms with Crippen LogP contribution >= 0.6 is 15.9 Å². The lowest BCUT2D eigenvalue weighted by molar-refractivity contribution is 0.514. The quantitative estimate of drug-likeness (QED) is 0.860. The van der Waals surface area contributed by atoms with Crippen LogP contribution in [0.25, 0.3) is 0 Å². The lowest BCUT2D eigenvalue weighted by Crippen LogP contribution is -2.54. The van der Waals surface area contributed by atoms with Gasteiger partial charge in [0.1, 0.15) is 0 Å². The molecule has 0 fully saturated rings. The van der Waals surface area contributed by atoms with Crippen molar-refractivity contribution in [2.24, 2.45) is 0 Å². The van der Waals surface area contributed by atoms with Gasteiger partial charge in [0.2, 0.25) is 10.0 Å². The molecule has 6 heteroatoms. The maximum absolute atomic E-state index is 12.1. The fraction of sp³-hybridized carbons (Fsp3) is 0.500. The molecule has 0 saturated heterocycles. The Balaban J connectivity index is 2.74. The molecule has 0 bridgehead atoms. The van der Waals surface area contributed by atoms with Gasteiger partial charge in [-0.2, -0.15) is 0 Å². The smallest absolute Gasteiger partial charge is 0.232 e. The van der Waals surface area contributed by atoms with Gasteiger partial charge in [-0.05, 0) is 54.4 Å². The Hall–Kier alpha value is -0.750. The van der Waals surface area contributed by atoms with Gasteiger partial charge in [0, 0.05) is 11.0 Å². The van der Waals surface area contributed by atoms with Gasteiger partial charge >= 0.3 is 0 Å². The summed E-state index contributed by atoms with van der Waals surface area (Å²) < 4.78 is 26.4. The Bertz CT molecular complexity index is 596. The molecule has 0 spiro atoms. The van der Waals surface area contributed by atoms with E-state index >= 15 is 0 Å². The van der Waals surface area contributed by atoms with Crippen LogP contribution in [0, 0.1) is 6.92 Å². The fourth-order valence-electron chi connectivity index (χ4n) is 2.38. The molecule has 1 heterocycles. The van der Waals surface area contributed by atoms with Gasteiger partial charge in [0.15, 0.2) is 0 Å². The summed E-state index contributed by atoms with van der Waals surface area (Å²) in [5, 5.41) is 3.30. The minimum Gasteiger partial charge on any atom is -0.381 e. The molecule has 1 aliphatic rings. The number of nitrogens with zero attached hydrogens (tertiary/aromatic N) is 1. The molecular weight excluding hydrogens is 316 g/mol. The maximum Gasteiger partial charge on any atom is 0.232 e. The largest absolute Gasteiger partial charge is 0.381 e. The summed E-state index contributed by atoms with van der Waals surface area (Å²) in [5.41, 5.74) is 2.14. The summed E-state index contributed by atoms with van der Waals surface area (Å²) in [7, 11) is -3.32. The van der Waals surface area contributed by atoms with E-state index in [1.807, 2.05) is 32.9 Å². The Labute approximate surface area is 117 Å². The minimum absolute atomic E-state index is 0.488. The summed E-state index contributed by atoms with van der Waals surface area (Å²) in [4.78, 5) is 0. The molecule has 0 amide bonds. The standard InChI is InChI=1S/C12H17BrN2O2S/c1-8-5-9(13)11-10(6-8)14-7-12(2,3)15(11)18(4,16)17/h5-6,14H,7H2,1-4H3. The Morgan fingerprint density at radius 3 is 2.56 bits per heavy atom. The van der Waals surface area contributed by atoms with Crippen molar-refractivity contribution >= 4 is 37.3 Å². The Kier molecular flexibility index (Phi) is 3.14. The van der Waals surface area contributed by atoms with Crippen LogP contribution in [0.3, 0.4) is 0 Å². The van der Waals surface area contributed by atoms with E-state index in [1.165, 1.54) is 10.6 Å². The zero-order valence-corrected chi connectivity index (χ0v) is 13.3. The summed E-state index contributed by atoms with van der Waals surface area (Å²) in [6.45, 7) is 6.40. The van der Waals surface area contributed by atoms with E-state index in [-0.39, 0.29) is 0 Å². The highest BCUT2D eigenvalue weighted by Crippen LogP contribution is 2.43. The SMILES string of the molecule is Cc1cc(Br)c2c(c1)NCC(C)(C)N2S(C)(=O)=O. The molecule has 0 saturated carbocycles. The van der Waals surface area contributed by atoms with E-state index in [2.05, 4.69) is 21.2 Å². The van der Waals surface area contributed by atoms with Gasteiger partial charge < -0.3 is 5.32 Å². The van der Waals surface area contributed by atoms with Gasteiger partial charge in [-0.15, -0.1) is 0 Å². The van der Waals surface area contributed by atoms with Crippen LogP contribution in [0.2, 0.25) is 0 Å². The first-order valence-electron chi connectivity index (χ1n) is 5.67. The number of aryl methyl sites for hydroxylation is 1. The van der Waals surface area contributed by atoms with Crippen LogP contribution in [0.5, 0.6) is 0 Å². The second-order valence-electron chi connectivity index (χ2n) is 5.34. The summed E-state index contributed by atoms with van der Waals surface area (Å²) in [6, 6.07) is 3.90. The minimum atomic E-state index is -3.32. The van der Waals surface area contributed by atoms with Crippen LogP contribution in [0.1, 0.15) is 19.4 Å². The highest BCUT2D eigenvalue weighted by Gasteiger charge is 2.39. The molecule has 2 rings (SSSR count). The topological polar surface area (TPSA) is 49.4 Å². The Morgan fingerprint density at radius 1 is 1.39 bits per heavy atom. The average Bonchev–Trinajstić information content (AvgIpc) is 2.16. The van der Waals surface area contributed by atoms with Crippen molar-refractivity contribution in [1.29, 1.82) is 0 Å². The number of benzene rings is 1. The second-order valence-corrected chi connectivity index (χ2v) is 8.02. The van der Waals surface area contributed by atoms with Crippen molar-refractivity contribution < 1.29 is 8.42 Å². The molecule has 0 aliphatic carbocycles. The van der Waals surface area contributed by atoms with E-state index < -0.39 is 15.6 Å². The first kappa shape index (κ1) is 13.7. The molecule has 4 nitrogen and oxygen atoms in total. The molecule has 0 radical (unpaired) electrons. The highest BCUT2D eigenvalue weighted by atomic mass is 79.9. The Morgan fingerprint density at radius 2 is 2.00 bits per heavy atom. The summed E-state index contributed by atoms with van der Waals surface area (Å²) in [6.07, 6.45) is 1.25. The van der Waals surface area contributed by atoms with Crippen molar-refractivity contribution in [3.05, 3.63) is 22.2 Å².